The first-order chi connectivity index (χ1) is 15.8. The van der Waals surface area contributed by atoms with Crippen molar-refractivity contribution >= 4 is 10.9 Å². The molecule has 3 aromatic carbocycles. The quantitative estimate of drug-likeness (QED) is 0.307. The van der Waals surface area contributed by atoms with Gasteiger partial charge >= 0.3 is 0 Å². The van der Waals surface area contributed by atoms with E-state index < -0.39 is 0 Å². The third kappa shape index (κ3) is 6.75. The highest BCUT2D eigenvalue weighted by Gasteiger charge is 2.09. The van der Waals surface area contributed by atoms with Crippen molar-refractivity contribution in [1.82, 2.24) is 4.57 Å². The van der Waals surface area contributed by atoms with Crippen LogP contribution in [0.5, 0.6) is 5.75 Å². The van der Waals surface area contributed by atoms with Gasteiger partial charge in [-0.3, -0.25) is 0 Å². The van der Waals surface area contributed by atoms with Crippen LogP contribution < -0.4 is 4.74 Å². The van der Waals surface area contributed by atoms with Gasteiger partial charge in [-0.25, -0.2) is 0 Å². The third-order valence-corrected chi connectivity index (χ3v) is 4.94. The summed E-state index contributed by atoms with van der Waals surface area (Å²) in [6.45, 7) is 15.1. The van der Waals surface area contributed by atoms with Gasteiger partial charge in [0.15, 0.2) is 0 Å². The molecule has 1 heterocycles. The molecule has 0 radical (unpaired) electrons. The average molecular weight is 432 g/mol. The minimum atomic E-state index is 0.852. The Morgan fingerprint density at radius 2 is 1.38 bits per heavy atom. The third-order valence-electron chi connectivity index (χ3n) is 4.94. The fraction of sp³-hybridized carbons (Fsp3) is 0.333. The Bertz CT molecular complexity index is 1030. The highest BCUT2D eigenvalue weighted by atomic mass is 16.5. The summed E-state index contributed by atoms with van der Waals surface area (Å²) in [5.74, 6) is 0.900. The van der Waals surface area contributed by atoms with E-state index in [4.69, 9.17) is 4.74 Å². The van der Waals surface area contributed by atoms with E-state index in [2.05, 4.69) is 84.4 Å². The Morgan fingerprint density at radius 3 is 2.00 bits per heavy atom. The van der Waals surface area contributed by atoms with Gasteiger partial charge in [-0.15, -0.1) is 0 Å². The van der Waals surface area contributed by atoms with Gasteiger partial charge in [0.1, 0.15) is 5.75 Å². The van der Waals surface area contributed by atoms with Crippen LogP contribution in [0, 0.1) is 0 Å². The number of fused-ring (bicyclic) bond motifs is 1. The molecule has 0 N–H and O–H groups in total. The van der Waals surface area contributed by atoms with Crippen LogP contribution in [-0.4, -0.2) is 11.7 Å². The average Bonchev–Trinajstić information content (AvgIpc) is 3.25. The van der Waals surface area contributed by atoms with E-state index in [-0.39, 0.29) is 0 Å². The SMILES string of the molecule is CC.CC.CC.CCc1cn(Cc2cccc(-c3ccccc3)c2)c2cc(OC)ccc12. The lowest BCUT2D eigenvalue weighted by Gasteiger charge is -2.09. The van der Waals surface area contributed by atoms with Crippen LogP contribution in [0.15, 0.2) is 79.0 Å². The first-order valence-corrected chi connectivity index (χ1v) is 12.1. The molecular formula is C30H41NO. The number of aromatic nitrogens is 1. The Kier molecular flexibility index (Phi) is 12.6. The van der Waals surface area contributed by atoms with Gasteiger partial charge in [0.05, 0.1) is 12.6 Å². The number of hydrogen-bond donors (Lipinski definition) is 0. The van der Waals surface area contributed by atoms with Gasteiger partial charge < -0.3 is 9.30 Å². The van der Waals surface area contributed by atoms with Gasteiger partial charge in [0.25, 0.3) is 0 Å². The first-order valence-electron chi connectivity index (χ1n) is 12.1. The van der Waals surface area contributed by atoms with Gasteiger partial charge in [0.2, 0.25) is 0 Å². The lowest BCUT2D eigenvalue weighted by Crippen LogP contribution is -1.98. The minimum Gasteiger partial charge on any atom is -0.497 e. The maximum absolute atomic E-state index is 5.43. The summed E-state index contributed by atoms with van der Waals surface area (Å²) in [5, 5.41) is 1.31. The zero-order chi connectivity index (χ0) is 23.9. The molecule has 4 rings (SSSR count). The Labute approximate surface area is 195 Å². The maximum atomic E-state index is 5.43. The fourth-order valence-electron chi connectivity index (χ4n) is 3.56. The number of benzene rings is 3. The Balaban J connectivity index is 0.000000789. The molecule has 0 atom stereocenters. The second-order valence-electron chi connectivity index (χ2n) is 6.59. The summed E-state index contributed by atoms with van der Waals surface area (Å²) in [6, 6.07) is 25.7. The van der Waals surface area contributed by atoms with Crippen molar-refractivity contribution in [2.24, 2.45) is 0 Å². The number of aryl methyl sites for hydroxylation is 1. The Hall–Kier alpha value is -3.00. The summed E-state index contributed by atoms with van der Waals surface area (Å²) in [7, 11) is 1.72. The second-order valence-corrected chi connectivity index (χ2v) is 6.59. The largest absolute Gasteiger partial charge is 0.497 e. The van der Waals surface area contributed by atoms with E-state index in [9.17, 15) is 0 Å². The molecule has 0 aliphatic carbocycles. The number of methoxy groups -OCH3 is 1. The van der Waals surface area contributed by atoms with E-state index >= 15 is 0 Å². The van der Waals surface area contributed by atoms with Crippen LogP contribution in [-0.2, 0) is 13.0 Å². The van der Waals surface area contributed by atoms with Crippen molar-refractivity contribution in [2.45, 2.75) is 61.4 Å². The summed E-state index contributed by atoms with van der Waals surface area (Å²) in [6.07, 6.45) is 3.30. The summed E-state index contributed by atoms with van der Waals surface area (Å²) in [5.41, 5.74) is 6.41. The molecule has 32 heavy (non-hydrogen) atoms. The molecule has 0 saturated carbocycles. The van der Waals surface area contributed by atoms with Crippen LogP contribution in [0.2, 0.25) is 0 Å². The van der Waals surface area contributed by atoms with E-state index in [1.54, 1.807) is 7.11 Å². The minimum absolute atomic E-state index is 0.852. The molecule has 0 spiro atoms. The van der Waals surface area contributed by atoms with E-state index in [1.165, 1.54) is 33.2 Å². The molecule has 0 saturated heterocycles. The molecule has 0 aliphatic heterocycles. The molecular weight excluding hydrogens is 390 g/mol. The van der Waals surface area contributed by atoms with Gasteiger partial charge in [-0.2, -0.15) is 0 Å². The molecule has 172 valence electrons. The number of nitrogens with zero attached hydrogens (tertiary/aromatic N) is 1. The van der Waals surface area contributed by atoms with Gasteiger partial charge in [0, 0.05) is 24.2 Å². The van der Waals surface area contributed by atoms with E-state index in [0.29, 0.717) is 0 Å². The molecule has 0 bridgehead atoms. The summed E-state index contributed by atoms with van der Waals surface area (Å²) >= 11 is 0. The van der Waals surface area contributed by atoms with Crippen molar-refractivity contribution in [2.75, 3.05) is 7.11 Å². The highest BCUT2D eigenvalue weighted by Crippen LogP contribution is 2.28. The monoisotopic (exact) mass is 431 g/mol. The normalized spacial score (nSPS) is 9.50. The molecule has 2 heteroatoms. The number of ether oxygens (including phenoxy) is 1. The molecule has 0 fully saturated rings. The van der Waals surface area contributed by atoms with Crippen molar-refractivity contribution in [1.29, 1.82) is 0 Å². The van der Waals surface area contributed by atoms with Gasteiger partial charge in [-0.05, 0) is 46.9 Å². The zero-order valence-corrected chi connectivity index (χ0v) is 21.3. The van der Waals surface area contributed by atoms with Crippen molar-refractivity contribution < 1.29 is 4.74 Å². The lowest BCUT2D eigenvalue weighted by molar-refractivity contribution is 0.415. The van der Waals surface area contributed by atoms with Crippen LogP contribution in [0.1, 0.15) is 59.6 Å². The van der Waals surface area contributed by atoms with E-state index in [1.807, 2.05) is 47.6 Å². The maximum Gasteiger partial charge on any atom is 0.120 e. The second kappa shape index (κ2) is 14.9. The predicted molar refractivity (Wildman–Crippen MR) is 143 cm³/mol. The van der Waals surface area contributed by atoms with Crippen molar-refractivity contribution in [3.05, 3.63) is 90.1 Å². The first kappa shape index (κ1) is 27.0. The van der Waals surface area contributed by atoms with E-state index in [0.717, 1.165) is 18.7 Å². The number of rotatable bonds is 5. The van der Waals surface area contributed by atoms with Gasteiger partial charge in [-0.1, -0.05) is 97.0 Å². The molecule has 2 nitrogen and oxygen atoms in total. The van der Waals surface area contributed by atoms with Crippen LogP contribution in [0.3, 0.4) is 0 Å². The molecule has 0 aliphatic rings. The topological polar surface area (TPSA) is 14.2 Å². The molecule has 4 aromatic rings. The fourth-order valence-corrected chi connectivity index (χ4v) is 3.56. The van der Waals surface area contributed by atoms with Crippen LogP contribution >= 0.6 is 0 Å². The molecule has 1 aromatic heterocycles. The van der Waals surface area contributed by atoms with Crippen molar-refractivity contribution in [3.8, 4) is 16.9 Å². The lowest BCUT2D eigenvalue weighted by atomic mass is 10.0. The van der Waals surface area contributed by atoms with Crippen LogP contribution in [0.4, 0.5) is 0 Å². The summed E-state index contributed by atoms with van der Waals surface area (Å²) in [4.78, 5) is 0. The van der Waals surface area contributed by atoms with Crippen LogP contribution in [0.25, 0.3) is 22.0 Å². The highest BCUT2D eigenvalue weighted by molar-refractivity contribution is 5.85. The Morgan fingerprint density at radius 1 is 0.719 bits per heavy atom. The summed E-state index contributed by atoms with van der Waals surface area (Å²) < 4.78 is 7.77. The van der Waals surface area contributed by atoms with Crippen molar-refractivity contribution in [3.63, 3.8) is 0 Å². The smallest absolute Gasteiger partial charge is 0.120 e. The zero-order valence-electron chi connectivity index (χ0n) is 21.3. The standard InChI is InChI=1S/C24H23NO.3C2H6/c1-3-19-17-25(24-15-22(26-2)12-13-23(19)24)16-18-8-7-11-21(14-18)20-9-5-4-6-10-20;3*1-2/h4-15,17H,3,16H2,1-2H3;3*1-2H3. The number of hydrogen-bond acceptors (Lipinski definition) is 1. The predicted octanol–water partition coefficient (Wildman–Crippen LogP) is 9.01. The molecule has 0 unspecified atom stereocenters. The molecule has 0 amide bonds.